The van der Waals surface area contributed by atoms with Gasteiger partial charge >= 0.3 is 0 Å². The van der Waals surface area contributed by atoms with Gasteiger partial charge in [0.25, 0.3) is 0 Å². The van der Waals surface area contributed by atoms with E-state index in [4.69, 9.17) is 28.9 Å². The van der Waals surface area contributed by atoms with Crippen molar-refractivity contribution in [2.24, 2.45) is 0 Å². The molecule has 4 aromatic carbocycles. The van der Waals surface area contributed by atoms with Gasteiger partial charge in [-0.05, 0) is 111 Å². The third-order valence-electron chi connectivity index (χ3n) is 16.2. The summed E-state index contributed by atoms with van der Waals surface area (Å²) in [5.74, 6) is 4.78. The van der Waals surface area contributed by atoms with Gasteiger partial charge in [0.05, 0.1) is 66.5 Å². The number of nitrogens with one attached hydrogen (secondary N) is 7. The van der Waals surface area contributed by atoms with Gasteiger partial charge in [-0.15, -0.1) is 0 Å². The lowest BCUT2D eigenvalue weighted by Gasteiger charge is -2.23. The van der Waals surface area contributed by atoms with Crippen molar-refractivity contribution in [3.63, 3.8) is 0 Å². The molecule has 400 valence electrons. The van der Waals surface area contributed by atoms with E-state index in [0.717, 1.165) is 133 Å². The highest BCUT2D eigenvalue weighted by Crippen LogP contribution is 2.36. The molecule has 13 rings (SSSR count). The average molecular weight is 1040 g/mol. The molecule has 4 aromatic heterocycles. The molecule has 15 nitrogen and oxygen atoms in total. The summed E-state index contributed by atoms with van der Waals surface area (Å²) in [7, 11) is 3.34. The molecule has 0 spiro atoms. The molecular weight excluding hydrogens is 963 g/mol. The summed E-state index contributed by atoms with van der Waals surface area (Å²) in [6.45, 7) is 4.64. The first-order valence-electron chi connectivity index (χ1n) is 28.2. The zero-order valence-corrected chi connectivity index (χ0v) is 44.5. The quantitative estimate of drug-likeness (QED) is 0.0456. The molecule has 1 saturated carbocycles. The second-order valence-electron chi connectivity index (χ2n) is 21.3. The van der Waals surface area contributed by atoms with E-state index in [1.165, 1.54) is 72.8 Å². The van der Waals surface area contributed by atoms with E-state index in [-0.39, 0.29) is 24.7 Å². The number of H-pyrrole nitrogens is 4. The third-order valence-corrected chi connectivity index (χ3v) is 16.2. The Labute approximate surface area is 451 Å². The zero-order chi connectivity index (χ0) is 51.9. The number of benzene rings is 4. The van der Waals surface area contributed by atoms with Gasteiger partial charge in [-0.2, -0.15) is 0 Å². The smallest absolute Gasteiger partial charge is 0.163 e. The Bertz CT molecular complexity index is 3130. The number of methoxy groups -OCH3 is 2. The Kier molecular flexibility index (Phi) is 16.0. The van der Waals surface area contributed by atoms with Crippen LogP contribution in [-0.4, -0.2) is 99.5 Å². The fourth-order valence-corrected chi connectivity index (χ4v) is 11.8. The number of aromatic nitrogens is 8. The molecule has 0 unspecified atom stereocenters. The molecule has 5 aliphatic rings. The maximum Gasteiger partial charge on any atom is 0.163 e. The van der Waals surface area contributed by atoms with Crippen LogP contribution in [0.25, 0.3) is 67.3 Å². The Hall–Kier alpha value is -6.56. The summed E-state index contributed by atoms with van der Waals surface area (Å²) in [6.07, 6.45) is 17.7. The van der Waals surface area contributed by atoms with E-state index in [1.54, 1.807) is 14.2 Å². The number of hydrogen-bond acceptors (Lipinski definition) is 11. The van der Waals surface area contributed by atoms with Crippen molar-refractivity contribution < 1.29 is 18.9 Å². The number of rotatable bonds is 16. The van der Waals surface area contributed by atoms with Crippen LogP contribution in [0.1, 0.15) is 129 Å². The zero-order valence-electron chi connectivity index (χ0n) is 44.5. The Morgan fingerprint density at radius 3 is 1.34 bits per heavy atom. The molecule has 8 aromatic rings. The first kappa shape index (κ1) is 51.2. The summed E-state index contributed by atoms with van der Waals surface area (Å²) in [4.78, 5) is 33.6. The molecule has 77 heavy (non-hydrogen) atoms. The molecule has 15 heteroatoms. The normalized spacial score (nSPS) is 20.1. The lowest BCUT2D eigenvalue weighted by atomic mass is 10.00. The molecule has 8 heterocycles. The number of imidazole rings is 4. The van der Waals surface area contributed by atoms with Gasteiger partial charge in [0.2, 0.25) is 0 Å². The summed E-state index contributed by atoms with van der Waals surface area (Å²) >= 11 is 0. The van der Waals surface area contributed by atoms with Crippen LogP contribution in [0.3, 0.4) is 0 Å². The van der Waals surface area contributed by atoms with Crippen LogP contribution in [0.15, 0.2) is 109 Å². The molecule has 7 N–H and O–H groups in total. The Morgan fingerprint density at radius 2 is 0.870 bits per heavy atom. The molecule has 0 amide bonds. The van der Waals surface area contributed by atoms with Crippen molar-refractivity contribution in [1.82, 2.24) is 55.8 Å². The van der Waals surface area contributed by atoms with E-state index >= 15 is 0 Å². The van der Waals surface area contributed by atoms with E-state index in [2.05, 4.69) is 143 Å². The van der Waals surface area contributed by atoms with E-state index in [1.807, 2.05) is 12.4 Å². The van der Waals surface area contributed by atoms with Gasteiger partial charge in [-0.25, -0.2) is 19.9 Å². The molecule has 5 fully saturated rings. The summed E-state index contributed by atoms with van der Waals surface area (Å²) in [5.41, 5.74) is 15.5. The van der Waals surface area contributed by atoms with Crippen LogP contribution in [0.5, 0.6) is 0 Å². The monoisotopic (exact) mass is 1040 g/mol. The van der Waals surface area contributed by atoms with Crippen molar-refractivity contribution in [1.29, 1.82) is 0 Å². The first-order chi connectivity index (χ1) is 38.0. The van der Waals surface area contributed by atoms with Crippen LogP contribution in [0.4, 0.5) is 0 Å². The predicted molar refractivity (Wildman–Crippen MR) is 301 cm³/mol. The number of nitrogens with zero attached hydrogens (tertiary/aromatic N) is 4. The molecule has 0 bridgehead atoms. The molecule has 1 aliphatic carbocycles. The molecule has 4 aliphatic heterocycles. The molecule has 3 atom stereocenters. The Morgan fingerprint density at radius 1 is 0.455 bits per heavy atom. The second-order valence-corrected chi connectivity index (χ2v) is 21.3. The van der Waals surface area contributed by atoms with Crippen LogP contribution < -0.4 is 16.0 Å². The predicted octanol–water partition coefficient (Wildman–Crippen LogP) is 11.7. The number of ether oxygens (including phenoxy) is 4. The standard InChI is InChI=1S/C32H37N5O2.C30H36N6O2/c1-2-6-25(5-1)31-34-20-28(36-31)23-12-8-21(9-13-23)22-10-14-24(15-11-22)30-27(19-29-38-17-4-18-39-29)35-32(37-30)26-7-3-16-33-26;1-37-27(38-2)17-25-28(36-30(34-25)24-6-4-16-32-24)22-13-9-20(10-14-22)19-7-11-21(12-8-19)26-18-33-29(35-26)23-5-3-15-31-23/h8-15,20,25-26,29,33H,1-7,16-19H2,(H,34,36)(H,35,37);7-14,18,23-24,27,31-32H,3-6,15-17H2,1-2H3,(H,33,35)(H,34,36)/t26-;23-,24-/m00/s1. The van der Waals surface area contributed by atoms with Gasteiger partial charge < -0.3 is 54.8 Å². The van der Waals surface area contributed by atoms with E-state index in [9.17, 15) is 0 Å². The minimum Gasteiger partial charge on any atom is -0.356 e. The summed E-state index contributed by atoms with van der Waals surface area (Å²) in [6, 6.07) is 35.7. The fraction of sp³-hybridized carbons (Fsp3) is 0.419. The van der Waals surface area contributed by atoms with Crippen LogP contribution in [0, 0.1) is 0 Å². The molecule has 4 saturated heterocycles. The lowest BCUT2D eigenvalue weighted by molar-refractivity contribution is -0.177. The van der Waals surface area contributed by atoms with Crippen molar-refractivity contribution in [2.75, 3.05) is 47.1 Å². The average Bonchev–Trinajstić information content (AvgIpc) is 4.35. The highest BCUT2D eigenvalue weighted by Gasteiger charge is 2.27. The van der Waals surface area contributed by atoms with Crippen LogP contribution in [-0.2, 0) is 31.8 Å². The second kappa shape index (κ2) is 24.0. The minimum absolute atomic E-state index is 0.218. The lowest BCUT2D eigenvalue weighted by Crippen LogP contribution is -2.27. The van der Waals surface area contributed by atoms with E-state index < -0.39 is 0 Å². The van der Waals surface area contributed by atoms with Crippen molar-refractivity contribution in [3.05, 3.63) is 144 Å². The topological polar surface area (TPSA) is 188 Å². The van der Waals surface area contributed by atoms with Crippen molar-refractivity contribution >= 4 is 0 Å². The minimum atomic E-state index is -0.322. The van der Waals surface area contributed by atoms with Crippen molar-refractivity contribution in [2.45, 2.75) is 120 Å². The summed E-state index contributed by atoms with van der Waals surface area (Å²) < 4.78 is 22.7. The van der Waals surface area contributed by atoms with Gasteiger partial charge in [0, 0.05) is 55.5 Å². The maximum atomic E-state index is 5.86. The highest BCUT2D eigenvalue weighted by molar-refractivity contribution is 5.74. The third kappa shape index (κ3) is 11.8. The maximum absolute atomic E-state index is 5.86. The van der Waals surface area contributed by atoms with Gasteiger partial charge in [-0.3, -0.25) is 0 Å². The number of hydrogen-bond donors (Lipinski definition) is 7. The first-order valence-corrected chi connectivity index (χ1v) is 28.2. The largest absolute Gasteiger partial charge is 0.356 e. The fourth-order valence-electron chi connectivity index (χ4n) is 11.8. The van der Waals surface area contributed by atoms with Gasteiger partial charge in [-0.1, -0.05) is 110 Å². The highest BCUT2D eigenvalue weighted by atomic mass is 16.7. The van der Waals surface area contributed by atoms with Crippen LogP contribution >= 0.6 is 0 Å². The Balaban J connectivity index is 0.000000155. The summed E-state index contributed by atoms with van der Waals surface area (Å²) in [5, 5.41) is 10.6. The van der Waals surface area contributed by atoms with Gasteiger partial charge in [0.15, 0.2) is 12.6 Å². The van der Waals surface area contributed by atoms with Crippen molar-refractivity contribution in [3.8, 4) is 67.3 Å². The van der Waals surface area contributed by atoms with Crippen LogP contribution in [0.2, 0.25) is 0 Å². The van der Waals surface area contributed by atoms with E-state index in [0.29, 0.717) is 24.8 Å². The SMILES string of the molecule is COC(Cc1[nH]c([C@@H]2CCCN2)nc1-c1ccc(-c2ccc(-c3cnc([C@@H]4CCCN4)[nH]3)cc2)cc1)OC.c1cc(-c2cnc(C3CCCC3)[nH]2)ccc1-c1ccc(-c2nc([C@@H]3CCCN3)[nH]c2CC2OCCCO2)cc1. The number of aromatic amines is 4. The molecule has 0 radical (unpaired) electrons. The molecular formula is C62H73N11O4. The van der Waals surface area contributed by atoms with Gasteiger partial charge in [0.1, 0.15) is 23.3 Å².